The van der Waals surface area contributed by atoms with Crippen LogP contribution in [0.5, 0.6) is 0 Å². The Bertz CT molecular complexity index is 1430. The Morgan fingerprint density at radius 3 is 2.13 bits per heavy atom. The number of halogens is 1. The number of aryl methyl sites for hydroxylation is 1. The summed E-state index contributed by atoms with van der Waals surface area (Å²) in [7, 11) is 0. The molecule has 0 bridgehead atoms. The minimum atomic E-state index is 0.0995. The molecule has 0 N–H and O–H groups in total. The molecule has 0 fully saturated rings. The molecule has 0 spiro atoms. The van der Waals surface area contributed by atoms with Gasteiger partial charge in [-0.25, -0.2) is 15.0 Å². The van der Waals surface area contributed by atoms with Gasteiger partial charge in [0.2, 0.25) is 0 Å². The maximum Gasteiger partial charge on any atom is 0.199 e. The SMILES string of the molecule is Cc1cc(-n2c(-c3ccc(C(C)(C)C)cc3)nc3nc4ccccc4nc32)ccc1Br. The van der Waals surface area contributed by atoms with E-state index in [2.05, 4.69) is 90.7 Å². The molecule has 3 aromatic carbocycles. The Labute approximate surface area is 190 Å². The van der Waals surface area contributed by atoms with Crippen molar-refractivity contribution in [2.75, 3.05) is 0 Å². The number of nitrogens with zero attached hydrogens (tertiary/aromatic N) is 4. The van der Waals surface area contributed by atoms with Gasteiger partial charge in [0.15, 0.2) is 11.3 Å². The maximum absolute atomic E-state index is 4.94. The molecule has 0 amide bonds. The van der Waals surface area contributed by atoms with Crippen LogP contribution in [0.15, 0.2) is 71.2 Å². The zero-order chi connectivity index (χ0) is 21.8. The number of fused-ring (bicyclic) bond motifs is 2. The van der Waals surface area contributed by atoms with E-state index >= 15 is 0 Å². The van der Waals surface area contributed by atoms with E-state index in [0.29, 0.717) is 5.65 Å². The van der Waals surface area contributed by atoms with E-state index in [0.717, 1.165) is 43.8 Å². The van der Waals surface area contributed by atoms with Crippen molar-refractivity contribution in [3.05, 3.63) is 82.3 Å². The van der Waals surface area contributed by atoms with E-state index in [1.807, 2.05) is 24.3 Å². The molecule has 31 heavy (non-hydrogen) atoms. The van der Waals surface area contributed by atoms with Crippen molar-refractivity contribution in [3.63, 3.8) is 0 Å². The van der Waals surface area contributed by atoms with E-state index in [4.69, 9.17) is 15.0 Å². The third kappa shape index (κ3) is 3.53. The van der Waals surface area contributed by atoms with Gasteiger partial charge < -0.3 is 0 Å². The van der Waals surface area contributed by atoms with Gasteiger partial charge >= 0.3 is 0 Å². The lowest BCUT2D eigenvalue weighted by molar-refractivity contribution is 0.590. The van der Waals surface area contributed by atoms with Crippen LogP contribution in [0, 0.1) is 6.92 Å². The highest BCUT2D eigenvalue weighted by atomic mass is 79.9. The molecule has 0 saturated heterocycles. The van der Waals surface area contributed by atoms with Crippen molar-refractivity contribution in [1.29, 1.82) is 0 Å². The van der Waals surface area contributed by atoms with Crippen molar-refractivity contribution in [1.82, 2.24) is 19.5 Å². The Hall–Kier alpha value is -3.05. The van der Waals surface area contributed by atoms with Crippen LogP contribution in [0.1, 0.15) is 31.9 Å². The van der Waals surface area contributed by atoms with E-state index in [1.54, 1.807) is 0 Å². The molecule has 0 aliphatic rings. The Morgan fingerprint density at radius 2 is 1.48 bits per heavy atom. The molecule has 0 unspecified atom stereocenters. The van der Waals surface area contributed by atoms with Crippen LogP contribution in [0.3, 0.4) is 0 Å². The molecule has 2 heterocycles. The zero-order valence-electron chi connectivity index (χ0n) is 18.0. The first-order valence-electron chi connectivity index (χ1n) is 10.3. The molecule has 4 nitrogen and oxygen atoms in total. The van der Waals surface area contributed by atoms with Crippen LogP contribution in [-0.2, 0) is 5.41 Å². The number of hydrogen-bond donors (Lipinski definition) is 0. The predicted octanol–water partition coefficient (Wildman–Crippen LogP) is 7.00. The van der Waals surface area contributed by atoms with Crippen LogP contribution in [-0.4, -0.2) is 19.5 Å². The van der Waals surface area contributed by atoms with E-state index in [1.165, 1.54) is 5.56 Å². The highest BCUT2D eigenvalue weighted by molar-refractivity contribution is 9.10. The van der Waals surface area contributed by atoms with E-state index in [9.17, 15) is 0 Å². The average Bonchev–Trinajstić information content (AvgIpc) is 3.12. The molecule has 0 radical (unpaired) electrons. The third-order valence-corrected chi connectivity index (χ3v) is 6.47. The summed E-state index contributed by atoms with van der Waals surface area (Å²) in [6.45, 7) is 8.76. The van der Waals surface area contributed by atoms with E-state index < -0.39 is 0 Å². The smallest absolute Gasteiger partial charge is 0.199 e. The molecule has 0 aliphatic heterocycles. The topological polar surface area (TPSA) is 43.6 Å². The summed E-state index contributed by atoms with van der Waals surface area (Å²) in [6.07, 6.45) is 0. The lowest BCUT2D eigenvalue weighted by Gasteiger charge is -2.19. The highest BCUT2D eigenvalue weighted by Gasteiger charge is 2.19. The summed E-state index contributed by atoms with van der Waals surface area (Å²) in [5, 5.41) is 0. The summed E-state index contributed by atoms with van der Waals surface area (Å²) in [6, 6.07) is 22.9. The normalized spacial score (nSPS) is 12.0. The molecule has 0 aliphatic carbocycles. The van der Waals surface area contributed by atoms with Gasteiger partial charge in [-0.05, 0) is 53.8 Å². The molecule has 5 rings (SSSR count). The summed E-state index contributed by atoms with van der Waals surface area (Å²) in [4.78, 5) is 14.7. The number of para-hydroxylation sites is 2. The van der Waals surface area contributed by atoms with Crippen molar-refractivity contribution in [2.45, 2.75) is 33.1 Å². The van der Waals surface area contributed by atoms with Crippen LogP contribution < -0.4 is 0 Å². The number of rotatable bonds is 2. The Kier molecular flexibility index (Phi) is 4.67. The van der Waals surface area contributed by atoms with E-state index in [-0.39, 0.29) is 5.41 Å². The minimum absolute atomic E-state index is 0.0995. The number of benzene rings is 3. The van der Waals surface area contributed by atoms with Crippen molar-refractivity contribution in [3.8, 4) is 17.1 Å². The zero-order valence-corrected chi connectivity index (χ0v) is 19.6. The van der Waals surface area contributed by atoms with Gasteiger partial charge in [0.25, 0.3) is 0 Å². The first-order valence-corrected chi connectivity index (χ1v) is 11.1. The fraction of sp³-hybridized carbons (Fsp3) is 0.192. The predicted molar refractivity (Wildman–Crippen MR) is 131 cm³/mol. The number of imidazole rings is 1. The summed E-state index contributed by atoms with van der Waals surface area (Å²) < 4.78 is 3.19. The van der Waals surface area contributed by atoms with Crippen LogP contribution in [0.25, 0.3) is 39.4 Å². The van der Waals surface area contributed by atoms with Crippen LogP contribution in [0.4, 0.5) is 0 Å². The fourth-order valence-corrected chi connectivity index (χ4v) is 4.03. The van der Waals surface area contributed by atoms with Gasteiger partial charge in [0.1, 0.15) is 5.82 Å². The molecule has 5 aromatic rings. The quantitative estimate of drug-likeness (QED) is 0.278. The maximum atomic E-state index is 4.94. The first-order chi connectivity index (χ1) is 14.8. The summed E-state index contributed by atoms with van der Waals surface area (Å²) >= 11 is 3.61. The molecular formula is C26H23BrN4. The number of aromatic nitrogens is 4. The average molecular weight is 471 g/mol. The van der Waals surface area contributed by atoms with Gasteiger partial charge in [-0.2, -0.15) is 0 Å². The standard InChI is InChI=1S/C26H23BrN4/c1-16-15-19(13-14-20(16)27)31-24(17-9-11-18(12-10-17)26(2,3)4)30-23-25(31)29-22-8-6-5-7-21(22)28-23/h5-15H,1-4H3. The van der Waals surface area contributed by atoms with Crippen molar-refractivity contribution in [2.24, 2.45) is 0 Å². The van der Waals surface area contributed by atoms with Crippen molar-refractivity contribution < 1.29 is 0 Å². The molecule has 5 heteroatoms. The lowest BCUT2D eigenvalue weighted by atomic mass is 9.87. The van der Waals surface area contributed by atoms with Crippen LogP contribution in [0.2, 0.25) is 0 Å². The second kappa shape index (κ2) is 7.27. The second-order valence-electron chi connectivity index (χ2n) is 8.89. The summed E-state index contributed by atoms with van der Waals surface area (Å²) in [5.41, 5.74) is 7.72. The molecule has 154 valence electrons. The molecule has 2 aromatic heterocycles. The largest absolute Gasteiger partial charge is 0.275 e. The van der Waals surface area contributed by atoms with Gasteiger partial charge in [-0.15, -0.1) is 0 Å². The van der Waals surface area contributed by atoms with Gasteiger partial charge in [0.05, 0.1) is 11.0 Å². The highest BCUT2D eigenvalue weighted by Crippen LogP contribution is 2.31. The molecule has 0 atom stereocenters. The molecular weight excluding hydrogens is 448 g/mol. The van der Waals surface area contributed by atoms with Gasteiger partial charge in [0, 0.05) is 15.7 Å². The number of hydrogen-bond acceptors (Lipinski definition) is 3. The summed E-state index contributed by atoms with van der Waals surface area (Å²) in [5.74, 6) is 0.840. The third-order valence-electron chi connectivity index (χ3n) is 5.58. The van der Waals surface area contributed by atoms with Gasteiger partial charge in [-0.3, -0.25) is 4.57 Å². The Morgan fingerprint density at radius 1 is 0.806 bits per heavy atom. The Balaban J connectivity index is 1.80. The van der Waals surface area contributed by atoms with Crippen LogP contribution >= 0.6 is 15.9 Å². The second-order valence-corrected chi connectivity index (χ2v) is 9.75. The molecule has 0 saturated carbocycles. The lowest BCUT2D eigenvalue weighted by Crippen LogP contribution is -2.10. The fourth-order valence-electron chi connectivity index (χ4n) is 3.78. The first kappa shape index (κ1) is 19.9. The van der Waals surface area contributed by atoms with Gasteiger partial charge in [-0.1, -0.05) is 73.1 Å². The monoisotopic (exact) mass is 470 g/mol. The van der Waals surface area contributed by atoms with Crippen molar-refractivity contribution >= 4 is 38.3 Å². The minimum Gasteiger partial charge on any atom is -0.275 e.